The fraction of sp³-hybridized carbons (Fsp3) is 0.688. The predicted molar refractivity (Wildman–Crippen MR) is 93.5 cm³/mol. The molecular formula is C16H27ClN6. The summed E-state index contributed by atoms with van der Waals surface area (Å²) in [7, 11) is 1.94. The summed E-state index contributed by atoms with van der Waals surface area (Å²) in [6.07, 6.45) is 1.08. The number of aromatic nitrogens is 5. The van der Waals surface area contributed by atoms with E-state index in [4.69, 9.17) is 11.6 Å². The van der Waals surface area contributed by atoms with Gasteiger partial charge in [-0.3, -0.25) is 9.58 Å². The van der Waals surface area contributed by atoms with Crippen LogP contribution in [0.25, 0.3) is 11.5 Å². The Kier molecular flexibility index (Phi) is 5.81. The lowest BCUT2D eigenvalue weighted by molar-refractivity contribution is 0.216. The number of nitrogens with zero attached hydrogens (tertiary/aromatic N) is 6. The van der Waals surface area contributed by atoms with Crippen LogP contribution in [0.5, 0.6) is 0 Å². The van der Waals surface area contributed by atoms with Crippen molar-refractivity contribution in [3.05, 3.63) is 16.5 Å². The van der Waals surface area contributed by atoms with Gasteiger partial charge in [-0.05, 0) is 27.2 Å². The van der Waals surface area contributed by atoms with Crippen LogP contribution in [-0.2, 0) is 20.1 Å². The van der Waals surface area contributed by atoms with Crippen LogP contribution in [0.3, 0.4) is 0 Å². The van der Waals surface area contributed by atoms with Gasteiger partial charge >= 0.3 is 0 Å². The second-order valence-corrected chi connectivity index (χ2v) is 6.26. The van der Waals surface area contributed by atoms with Crippen LogP contribution in [0, 0.1) is 6.92 Å². The summed E-state index contributed by atoms with van der Waals surface area (Å²) >= 11 is 6.61. The van der Waals surface area contributed by atoms with Gasteiger partial charge in [0.25, 0.3) is 0 Å². The number of hydrogen-bond donors (Lipinski definition) is 0. The van der Waals surface area contributed by atoms with E-state index in [1.54, 1.807) is 0 Å². The first-order valence-electron chi connectivity index (χ1n) is 8.34. The molecule has 0 saturated carbocycles. The largest absolute Gasteiger partial charge is 0.313 e. The third-order valence-corrected chi connectivity index (χ3v) is 4.59. The van der Waals surface area contributed by atoms with Crippen molar-refractivity contribution in [3.63, 3.8) is 0 Å². The molecule has 0 bridgehead atoms. The maximum Gasteiger partial charge on any atom is 0.185 e. The molecule has 3 heterocycles. The maximum absolute atomic E-state index is 6.61. The molecule has 23 heavy (non-hydrogen) atoms. The van der Waals surface area contributed by atoms with Crippen LogP contribution < -0.4 is 0 Å². The van der Waals surface area contributed by atoms with Crippen LogP contribution in [0.2, 0.25) is 5.02 Å². The van der Waals surface area contributed by atoms with Gasteiger partial charge in [-0.25, -0.2) is 0 Å². The normalized spacial score (nSPS) is 15.1. The Labute approximate surface area is 143 Å². The van der Waals surface area contributed by atoms with Crippen molar-refractivity contribution in [1.82, 2.24) is 29.4 Å². The van der Waals surface area contributed by atoms with Gasteiger partial charge < -0.3 is 4.57 Å². The number of halogens is 1. The maximum atomic E-state index is 6.61. The molecule has 0 saturated heterocycles. The zero-order chi connectivity index (χ0) is 17.1. The van der Waals surface area contributed by atoms with E-state index in [1.165, 1.54) is 0 Å². The molecule has 0 fully saturated rings. The highest BCUT2D eigenvalue weighted by molar-refractivity contribution is 6.33. The third-order valence-electron chi connectivity index (χ3n) is 4.20. The molecule has 0 N–H and O–H groups in total. The van der Waals surface area contributed by atoms with E-state index in [2.05, 4.69) is 34.0 Å². The fourth-order valence-corrected chi connectivity index (χ4v) is 2.98. The summed E-state index contributed by atoms with van der Waals surface area (Å²) in [5.41, 5.74) is 1.82. The first kappa shape index (κ1) is 17.9. The second-order valence-electron chi connectivity index (χ2n) is 5.88. The van der Waals surface area contributed by atoms with Crippen molar-refractivity contribution in [2.24, 2.45) is 7.05 Å². The topological polar surface area (TPSA) is 51.8 Å². The Balaban J connectivity index is 0.000000924. The van der Waals surface area contributed by atoms with Gasteiger partial charge in [-0.2, -0.15) is 5.10 Å². The summed E-state index contributed by atoms with van der Waals surface area (Å²) < 4.78 is 3.96. The monoisotopic (exact) mass is 338 g/mol. The summed E-state index contributed by atoms with van der Waals surface area (Å²) in [6.45, 7) is 13.2. The molecule has 0 atom stereocenters. The second kappa shape index (κ2) is 7.45. The minimum Gasteiger partial charge on any atom is -0.313 e. The van der Waals surface area contributed by atoms with Crippen LogP contribution in [-0.4, -0.2) is 42.0 Å². The average Bonchev–Trinajstić information content (AvgIpc) is 2.93. The highest BCUT2D eigenvalue weighted by Gasteiger charge is 2.25. The number of rotatable bonds is 2. The quantitative estimate of drug-likeness (QED) is 0.843. The van der Waals surface area contributed by atoms with Gasteiger partial charge in [0.1, 0.15) is 11.5 Å². The zero-order valence-corrected chi connectivity index (χ0v) is 15.7. The van der Waals surface area contributed by atoms with Crippen molar-refractivity contribution in [2.75, 3.05) is 6.54 Å². The molecule has 0 spiro atoms. The van der Waals surface area contributed by atoms with Crippen molar-refractivity contribution >= 4 is 11.6 Å². The first-order valence-corrected chi connectivity index (χ1v) is 8.72. The molecule has 1 aliphatic rings. The molecule has 1 aliphatic heterocycles. The summed E-state index contributed by atoms with van der Waals surface area (Å²) in [4.78, 5) is 2.43. The van der Waals surface area contributed by atoms with Crippen molar-refractivity contribution in [1.29, 1.82) is 0 Å². The van der Waals surface area contributed by atoms with Gasteiger partial charge in [0.2, 0.25) is 0 Å². The van der Waals surface area contributed by atoms with Crippen LogP contribution in [0.15, 0.2) is 0 Å². The molecule has 2 aromatic rings. The van der Waals surface area contributed by atoms with E-state index >= 15 is 0 Å². The van der Waals surface area contributed by atoms with Crippen LogP contribution >= 0.6 is 11.6 Å². The lowest BCUT2D eigenvalue weighted by atomic mass is 10.2. The highest BCUT2D eigenvalue weighted by Crippen LogP contribution is 2.31. The van der Waals surface area contributed by atoms with Gasteiger partial charge in [0.05, 0.1) is 10.7 Å². The Hall–Kier alpha value is -1.40. The smallest absolute Gasteiger partial charge is 0.185 e. The molecule has 0 amide bonds. The molecule has 128 valence electrons. The Bertz CT molecular complexity index is 658. The van der Waals surface area contributed by atoms with E-state index < -0.39 is 0 Å². The standard InChI is InChI=1S/C14H21ClN6.C2H6/c1-9(2)20-6-5-7-21-11(8-20)12(15)13(18-21)14-17-16-10(3)19(14)4;1-2/h9H,5-8H2,1-4H3;1-2H3. The Morgan fingerprint density at radius 3 is 2.39 bits per heavy atom. The van der Waals surface area contributed by atoms with E-state index in [0.717, 1.165) is 49.1 Å². The van der Waals surface area contributed by atoms with Gasteiger partial charge in [-0.1, -0.05) is 25.4 Å². The lowest BCUT2D eigenvalue weighted by Crippen LogP contribution is -2.30. The van der Waals surface area contributed by atoms with E-state index in [1.807, 2.05) is 37.1 Å². The van der Waals surface area contributed by atoms with E-state index in [-0.39, 0.29) is 0 Å². The number of hydrogen-bond acceptors (Lipinski definition) is 4. The fourth-order valence-electron chi connectivity index (χ4n) is 2.70. The Morgan fingerprint density at radius 1 is 1.13 bits per heavy atom. The van der Waals surface area contributed by atoms with Gasteiger partial charge in [0.15, 0.2) is 5.82 Å². The van der Waals surface area contributed by atoms with Crippen molar-refractivity contribution < 1.29 is 0 Å². The minimum absolute atomic E-state index is 0.503. The van der Waals surface area contributed by atoms with E-state index in [0.29, 0.717) is 11.1 Å². The van der Waals surface area contributed by atoms with Gasteiger partial charge in [-0.15, -0.1) is 10.2 Å². The lowest BCUT2D eigenvalue weighted by Gasteiger charge is -2.23. The van der Waals surface area contributed by atoms with Crippen molar-refractivity contribution in [2.45, 2.75) is 60.2 Å². The molecule has 3 rings (SSSR count). The first-order chi connectivity index (χ1) is 11.0. The Morgan fingerprint density at radius 2 is 1.83 bits per heavy atom. The molecule has 0 radical (unpaired) electrons. The molecule has 6 nitrogen and oxygen atoms in total. The van der Waals surface area contributed by atoms with Crippen LogP contribution in [0.1, 0.15) is 45.6 Å². The highest BCUT2D eigenvalue weighted by atomic mass is 35.5. The summed E-state index contributed by atoms with van der Waals surface area (Å²) in [5, 5.41) is 13.7. The summed E-state index contributed by atoms with van der Waals surface area (Å²) in [5.74, 6) is 1.59. The summed E-state index contributed by atoms with van der Waals surface area (Å²) in [6, 6.07) is 0.503. The predicted octanol–water partition coefficient (Wildman–Crippen LogP) is 3.28. The molecule has 0 aliphatic carbocycles. The molecule has 2 aromatic heterocycles. The van der Waals surface area contributed by atoms with Crippen LogP contribution in [0.4, 0.5) is 0 Å². The zero-order valence-electron chi connectivity index (χ0n) is 15.0. The number of aryl methyl sites for hydroxylation is 2. The minimum atomic E-state index is 0.503. The third kappa shape index (κ3) is 3.43. The number of fused-ring (bicyclic) bond motifs is 1. The average molecular weight is 339 g/mol. The molecule has 0 unspecified atom stereocenters. The van der Waals surface area contributed by atoms with E-state index in [9.17, 15) is 0 Å². The molecule has 0 aromatic carbocycles. The van der Waals surface area contributed by atoms with Crippen molar-refractivity contribution in [3.8, 4) is 11.5 Å². The van der Waals surface area contributed by atoms with Gasteiger partial charge in [0, 0.05) is 32.7 Å². The molecule has 7 heteroatoms. The SMILES string of the molecule is CC.Cc1nnc(-c2nn3c(c2Cl)CN(C(C)C)CCC3)n1C. The molecular weight excluding hydrogens is 312 g/mol.